The predicted octanol–water partition coefficient (Wildman–Crippen LogP) is 2.91. The van der Waals surface area contributed by atoms with E-state index >= 15 is 0 Å². The Morgan fingerprint density at radius 2 is 1.87 bits per heavy atom. The fourth-order valence-electron chi connectivity index (χ4n) is 3.03. The number of carbonyl (C=O) groups is 2. The number of carbonyl (C=O) groups excluding carboxylic acids is 1. The van der Waals surface area contributed by atoms with Gasteiger partial charge >= 0.3 is 5.97 Å². The van der Waals surface area contributed by atoms with Crippen molar-refractivity contribution in [1.29, 1.82) is 0 Å². The van der Waals surface area contributed by atoms with Crippen molar-refractivity contribution in [3.05, 3.63) is 36.5 Å². The van der Waals surface area contributed by atoms with Crippen LogP contribution in [0.25, 0.3) is 11.3 Å². The van der Waals surface area contributed by atoms with Crippen molar-refractivity contribution in [3.63, 3.8) is 0 Å². The van der Waals surface area contributed by atoms with Crippen LogP contribution in [0.15, 0.2) is 36.5 Å². The highest BCUT2D eigenvalue weighted by molar-refractivity contribution is 5.93. The Bertz CT molecular complexity index is 689. The lowest BCUT2D eigenvalue weighted by molar-refractivity contribution is -0.143. The first kappa shape index (κ1) is 15.3. The van der Waals surface area contributed by atoms with E-state index in [4.69, 9.17) is 5.11 Å². The molecule has 0 radical (unpaired) electrons. The van der Waals surface area contributed by atoms with Gasteiger partial charge in [0.05, 0.1) is 11.6 Å². The van der Waals surface area contributed by atoms with Crippen LogP contribution in [0.4, 0.5) is 5.69 Å². The first-order valence-electron chi connectivity index (χ1n) is 7.77. The minimum Gasteiger partial charge on any atom is -0.481 e. The third kappa shape index (κ3) is 3.59. The molecule has 1 aliphatic carbocycles. The molecule has 0 spiro atoms. The van der Waals surface area contributed by atoms with Gasteiger partial charge in [0.25, 0.3) is 0 Å². The molecule has 1 aromatic heterocycles. The number of nitrogens with one attached hydrogen (secondary N) is 2. The lowest BCUT2D eigenvalue weighted by Crippen LogP contribution is -2.29. The van der Waals surface area contributed by atoms with Gasteiger partial charge in [-0.1, -0.05) is 12.1 Å². The highest BCUT2D eigenvalue weighted by atomic mass is 16.4. The number of amides is 1. The second kappa shape index (κ2) is 6.64. The number of rotatable bonds is 4. The summed E-state index contributed by atoms with van der Waals surface area (Å²) in [7, 11) is 0. The smallest absolute Gasteiger partial charge is 0.306 e. The van der Waals surface area contributed by atoms with Crippen LogP contribution < -0.4 is 5.32 Å². The molecule has 1 aliphatic rings. The van der Waals surface area contributed by atoms with E-state index in [1.807, 2.05) is 30.3 Å². The molecule has 2 aromatic rings. The fraction of sp³-hybridized carbons (Fsp3) is 0.353. The molecule has 23 heavy (non-hydrogen) atoms. The number of benzene rings is 1. The molecule has 0 unspecified atom stereocenters. The van der Waals surface area contributed by atoms with Crippen molar-refractivity contribution >= 4 is 17.6 Å². The molecule has 1 saturated carbocycles. The highest BCUT2D eigenvalue weighted by Gasteiger charge is 2.29. The summed E-state index contributed by atoms with van der Waals surface area (Å²) in [4.78, 5) is 23.3. The molecular weight excluding hydrogens is 294 g/mol. The monoisotopic (exact) mass is 313 g/mol. The molecule has 1 aromatic carbocycles. The van der Waals surface area contributed by atoms with Crippen LogP contribution in [0.5, 0.6) is 0 Å². The van der Waals surface area contributed by atoms with Gasteiger partial charge in [-0.15, -0.1) is 0 Å². The van der Waals surface area contributed by atoms with E-state index in [0.29, 0.717) is 25.7 Å². The van der Waals surface area contributed by atoms with E-state index in [2.05, 4.69) is 15.5 Å². The first-order chi connectivity index (χ1) is 11.1. The Labute approximate surface area is 133 Å². The molecule has 120 valence electrons. The van der Waals surface area contributed by atoms with Gasteiger partial charge in [0.2, 0.25) is 5.91 Å². The Morgan fingerprint density at radius 1 is 1.13 bits per heavy atom. The fourth-order valence-corrected chi connectivity index (χ4v) is 3.03. The van der Waals surface area contributed by atoms with Crippen LogP contribution in [-0.2, 0) is 9.59 Å². The van der Waals surface area contributed by atoms with Crippen molar-refractivity contribution in [2.24, 2.45) is 11.8 Å². The van der Waals surface area contributed by atoms with E-state index in [0.717, 1.165) is 16.9 Å². The average molecular weight is 313 g/mol. The van der Waals surface area contributed by atoms with Crippen molar-refractivity contribution in [1.82, 2.24) is 10.2 Å². The van der Waals surface area contributed by atoms with Crippen LogP contribution in [0, 0.1) is 11.8 Å². The maximum absolute atomic E-state index is 12.4. The maximum Gasteiger partial charge on any atom is 0.306 e. The van der Waals surface area contributed by atoms with Crippen molar-refractivity contribution in [3.8, 4) is 11.3 Å². The lowest BCUT2D eigenvalue weighted by atomic mass is 9.81. The number of aromatic nitrogens is 2. The van der Waals surface area contributed by atoms with Crippen LogP contribution in [0.2, 0.25) is 0 Å². The zero-order valence-corrected chi connectivity index (χ0v) is 12.7. The Hall–Kier alpha value is -2.63. The zero-order chi connectivity index (χ0) is 16.2. The third-order valence-electron chi connectivity index (χ3n) is 4.39. The molecule has 3 N–H and O–H groups in total. The summed E-state index contributed by atoms with van der Waals surface area (Å²) in [5.74, 6) is -1.20. The normalized spacial score (nSPS) is 20.9. The number of aliphatic carboxylic acids is 1. The second-order valence-electron chi connectivity index (χ2n) is 5.93. The largest absolute Gasteiger partial charge is 0.481 e. The molecule has 6 heteroatoms. The van der Waals surface area contributed by atoms with E-state index in [1.165, 1.54) is 0 Å². The second-order valence-corrected chi connectivity index (χ2v) is 5.93. The summed E-state index contributed by atoms with van der Waals surface area (Å²) < 4.78 is 0. The minimum atomic E-state index is -0.754. The molecule has 1 heterocycles. The summed E-state index contributed by atoms with van der Waals surface area (Å²) >= 11 is 0. The van der Waals surface area contributed by atoms with Gasteiger partial charge in [0.1, 0.15) is 0 Å². The van der Waals surface area contributed by atoms with Crippen molar-refractivity contribution < 1.29 is 14.7 Å². The number of hydrogen-bond donors (Lipinski definition) is 3. The van der Waals surface area contributed by atoms with E-state index in [-0.39, 0.29) is 17.7 Å². The number of hydrogen-bond acceptors (Lipinski definition) is 3. The van der Waals surface area contributed by atoms with Crippen LogP contribution in [0.3, 0.4) is 0 Å². The number of aromatic amines is 1. The number of carboxylic acid groups (broad SMARTS) is 1. The van der Waals surface area contributed by atoms with Crippen LogP contribution >= 0.6 is 0 Å². The van der Waals surface area contributed by atoms with Gasteiger partial charge in [-0.3, -0.25) is 14.7 Å². The van der Waals surface area contributed by atoms with Gasteiger partial charge < -0.3 is 10.4 Å². The molecular formula is C17H19N3O3. The Morgan fingerprint density at radius 3 is 2.52 bits per heavy atom. The summed E-state index contributed by atoms with van der Waals surface area (Å²) in [5, 5.41) is 18.8. The SMILES string of the molecule is O=C(O)C1CCC(C(=O)Nc2cccc(-c3ccn[nH]3)c2)CC1. The standard InChI is InChI=1S/C17H19N3O3/c21-16(11-4-6-12(7-5-11)17(22)23)19-14-3-1-2-13(10-14)15-8-9-18-20-15/h1-3,8-12H,4-7H2,(H,18,20)(H,19,21)(H,22,23). The molecule has 1 amide bonds. The quantitative estimate of drug-likeness (QED) is 0.808. The van der Waals surface area contributed by atoms with Gasteiger partial charge in [-0.2, -0.15) is 5.10 Å². The predicted molar refractivity (Wildman–Crippen MR) is 85.7 cm³/mol. The number of carboxylic acids is 1. The molecule has 0 atom stereocenters. The van der Waals surface area contributed by atoms with Crippen molar-refractivity contribution in [2.45, 2.75) is 25.7 Å². The summed E-state index contributed by atoms with van der Waals surface area (Å²) in [6, 6.07) is 9.44. The summed E-state index contributed by atoms with van der Waals surface area (Å²) in [6.45, 7) is 0. The zero-order valence-electron chi connectivity index (χ0n) is 12.7. The minimum absolute atomic E-state index is 0.0319. The molecule has 0 saturated heterocycles. The number of anilines is 1. The molecule has 1 fully saturated rings. The van der Waals surface area contributed by atoms with Crippen molar-refractivity contribution in [2.75, 3.05) is 5.32 Å². The number of H-pyrrole nitrogens is 1. The topological polar surface area (TPSA) is 95.1 Å². The Balaban J connectivity index is 1.62. The summed E-state index contributed by atoms with van der Waals surface area (Å²) in [5.41, 5.74) is 2.58. The highest BCUT2D eigenvalue weighted by Crippen LogP contribution is 2.30. The van der Waals surface area contributed by atoms with E-state index < -0.39 is 5.97 Å². The van der Waals surface area contributed by atoms with E-state index in [9.17, 15) is 9.59 Å². The first-order valence-corrected chi connectivity index (χ1v) is 7.77. The Kier molecular flexibility index (Phi) is 4.41. The third-order valence-corrected chi connectivity index (χ3v) is 4.39. The molecule has 3 rings (SSSR count). The lowest BCUT2D eigenvalue weighted by Gasteiger charge is -2.25. The molecule has 6 nitrogen and oxygen atoms in total. The van der Waals surface area contributed by atoms with Gasteiger partial charge in [0.15, 0.2) is 0 Å². The molecule has 0 bridgehead atoms. The van der Waals surface area contributed by atoms with Gasteiger partial charge in [-0.05, 0) is 43.9 Å². The molecule has 0 aliphatic heterocycles. The van der Waals surface area contributed by atoms with Gasteiger partial charge in [-0.25, -0.2) is 0 Å². The average Bonchev–Trinajstić information content (AvgIpc) is 3.10. The van der Waals surface area contributed by atoms with Crippen LogP contribution in [-0.4, -0.2) is 27.2 Å². The maximum atomic E-state index is 12.4. The van der Waals surface area contributed by atoms with Gasteiger partial charge in [0, 0.05) is 23.4 Å². The van der Waals surface area contributed by atoms with Crippen LogP contribution in [0.1, 0.15) is 25.7 Å². The van der Waals surface area contributed by atoms with E-state index in [1.54, 1.807) is 6.20 Å². The summed E-state index contributed by atoms with van der Waals surface area (Å²) in [6.07, 6.45) is 4.08. The number of nitrogens with zero attached hydrogens (tertiary/aromatic N) is 1.